The maximum atomic E-state index is 12.4. The molecule has 1 atom stereocenters. The third-order valence-electron chi connectivity index (χ3n) is 3.51. The molecule has 0 radical (unpaired) electrons. The predicted molar refractivity (Wildman–Crippen MR) is 66.4 cm³/mol. The van der Waals surface area contributed by atoms with Crippen LogP contribution in [0.5, 0.6) is 0 Å². The van der Waals surface area contributed by atoms with Gasteiger partial charge in [0.2, 0.25) is 11.8 Å². The fourth-order valence-corrected chi connectivity index (χ4v) is 2.58. The summed E-state index contributed by atoms with van der Waals surface area (Å²) in [5.74, 6) is -2.24. The van der Waals surface area contributed by atoms with E-state index in [1.807, 2.05) is 0 Å². The fourth-order valence-electron chi connectivity index (χ4n) is 2.58. The molecule has 0 spiro atoms. The molecule has 3 N–H and O–H groups in total. The van der Waals surface area contributed by atoms with E-state index < -0.39 is 29.7 Å². The van der Waals surface area contributed by atoms with Gasteiger partial charge in [0.15, 0.2) is 0 Å². The Balaban J connectivity index is 2.06. The number of nitrogens with zero attached hydrogens (tertiary/aromatic N) is 1. The van der Waals surface area contributed by atoms with Gasteiger partial charge in [-0.25, -0.2) is 0 Å². The second-order valence-electron chi connectivity index (χ2n) is 4.66. The lowest BCUT2D eigenvalue weighted by Crippen LogP contribution is -2.44. The van der Waals surface area contributed by atoms with Crippen molar-refractivity contribution in [2.24, 2.45) is 5.73 Å². The smallest absolute Gasteiger partial charge is 0.262 e. The van der Waals surface area contributed by atoms with E-state index in [2.05, 4.69) is 5.32 Å². The van der Waals surface area contributed by atoms with Gasteiger partial charge in [-0.2, -0.15) is 0 Å². The van der Waals surface area contributed by atoms with Crippen LogP contribution in [0.15, 0.2) is 18.2 Å². The zero-order valence-corrected chi connectivity index (χ0v) is 10.4. The van der Waals surface area contributed by atoms with Crippen LogP contribution in [0.2, 0.25) is 0 Å². The Morgan fingerprint density at radius 3 is 2.55 bits per heavy atom. The minimum Gasteiger partial charge on any atom is -0.326 e. The molecule has 0 aliphatic carbocycles. The fraction of sp³-hybridized carbons (Fsp3) is 0.231. The van der Waals surface area contributed by atoms with Crippen LogP contribution in [-0.4, -0.2) is 34.6 Å². The van der Waals surface area contributed by atoms with Crippen molar-refractivity contribution in [1.29, 1.82) is 0 Å². The maximum Gasteiger partial charge on any atom is 0.262 e. The lowest BCUT2D eigenvalue weighted by molar-refractivity contribution is -0.125. The number of fused-ring (bicyclic) bond motifs is 1. The van der Waals surface area contributed by atoms with E-state index >= 15 is 0 Å². The van der Waals surface area contributed by atoms with Gasteiger partial charge < -0.3 is 5.73 Å². The quantitative estimate of drug-likeness (QED) is 0.682. The van der Waals surface area contributed by atoms with Gasteiger partial charge in [-0.3, -0.25) is 29.4 Å². The first-order chi connectivity index (χ1) is 9.54. The van der Waals surface area contributed by atoms with Crippen LogP contribution in [0, 0.1) is 0 Å². The zero-order valence-electron chi connectivity index (χ0n) is 10.4. The minimum atomic E-state index is -1.07. The number of benzene rings is 1. The normalized spacial score (nSPS) is 21.4. The van der Waals surface area contributed by atoms with Crippen molar-refractivity contribution in [3.63, 3.8) is 0 Å². The molecule has 1 aromatic carbocycles. The van der Waals surface area contributed by atoms with Crippen molar-refractivity contribution in [2.75, 3.05) is 0 Å². The summed E-state index contributed by atoms with van der Waals surface area (Å²) in [5.41, 5.74) is 6.57. The predicted octanol–water partition coefficient (Wildman–Crippen LogP) is -0.844. The number of amides is 4. The van der Waals surface area contributed by atoms with Crippen LogP contribution >= 0.6 is 0 Å². The summed E-state index contributed by atoms with van der Waals surface area (Å²) in [5, 5.41) is 2.09. The van der Waals surface area contributed by atoms with Crippen LogP contribution in [0.1, 0.15) is 32.7 Å². The molecule has 2 aliphatic rings. The Labute approximate surface area is 113 Å². The molecule has 1 unspecified atom stereocenters. The number of rotatable bonds is 2. The minimum absolute atomic E-state index is 0.117. The molecule has 0 aromatic heterocycles. The third kappa shape index (κ3) is 1.56. The highest BCUT2D eigenvalue weighted by Crippen LogP contribution is 2.29. The number of imide groups is 2. The van der Waals surface area contributed by atoms with E-state index in [0.717, 1.165) is 4.90 Å². The van der Waals surface area contributed by atoms with Crippen LogP contribution < -0.4 is 11.1 Å². The summed E-state index contributed by atoms with van der Waals surface area (Å²) >= 11 is 0. The summed E-state index contributed by atoms with van der Waals surface area (Å²) < 4.78 is 0. The molecule has 1 fully saturated rings. The monoisotopic (exact) mass is 273 g/mol. The van der Waals surface area contributed by atoms with Crippen molar-refractivity contribution < 1.29 is 19.2 Å². The molecule has 0 saturated carbocycles. The van der Waals surface area contributed by atoms with Crippen molar-refractivity contribution in [3.05, 3.63) is 34.9 Å². The van der Waals surface area contributed by atoms with Gasteiger partial charge in [0.25, 0.3) is 11.8 Å². The van der Waals surface area contributed by atoms with E-state index in [1.165, 1.54) is 6.07 Å². The van der Waals surface area contributed by atoms with E-state index in [-0.39, 0.29) is 24.1 Å². The van der Waals surface area contributed by atoms with E-state index in [4.69, 9.17) is 5.73 Å². The molecule has 102 valence electrons. The summed E-state index contributed by atoms with van der Waals surface area (Å²) in [6.45, 7) is 0.117. The van der Waals surface area contributed by atoms with Crippen LogP contribution in [0.3, 0.4) is 0 Å². The van der Waals surface area contributed by atoms with Gasteiger partial charge in [-0.05, 0) is 11.6 Å². The van der Waals surface area contributed by atoms with Crippen molar-refractivity contribution in [3.8, 4) is 0 Å². The molecule has 3 rings (SSSR count). The number of nitrogens with two attached hydrogens (primary N) is 1. The topological polar surface area (TPSA) is 110 Å². The van der Waals surface area contributed by atoms with E-state index in [9.17, 15) is 19.2 Å². The second kappa shape index (κ2) is 4.24. The highest BCUT2D eigenvalue weighted by molar-refractivity contribution is 6.24. The molecule has 1 aromatic rings. The molecular formula is C13H11N3O4. The van der Waals surface area contributed by atoms with E-state index in [1.54, 1.807) is 12.1 Å². The van der Waals surface area contributed by atoms with Gasteiger partial charge in [0, 0.05) is 6.54 Å². The Morgan fingerprint density at radius 1 is 1.20 bits per heavy atom. The highest BCUT2D eigenvalue weighted by atomic mass is 16.2. The third-order valence-corrected chi connectivity index (χ3v) is 3.51. The van der Waals surface area contributed by atoms with Gasteiger partial charge in [0.05, 0.1) is 17.5 Å². The molecule has 4 amide bonds. The van der Waals surface area contributed by atoms with Crippen LogP contribution in [-0.2, 0) is 16.1 Å². The molecular weight excluding hydrogens is 262 g/mol. The molecule has 2 heterocycles. The van der Waals surface area contributed by atoms with E-state index in [0.29, 0.717) is 5.56 Å². The van der Waals surface area contributed by atoms with Crippen molar-refractivity contribution in [2.45, 2.75) is 19.0 Å². The summed E-state index contributed by atoms with van der Waals surface area (Å²) in [4.78, 5) is 48.4. The van der Waals surface area contributed by atoms with Gasteiger partial charge in [-0.15, -0.1) is 0 Å². The summed E-state index contributed by atoms with van der Waals surface area (Å²) in [6.07, 6.45) is -0.192. The van der Waals surface area contributed by atoms with Crippen LogP contribution in [0.4, 0.5) is 0 Å². The lowest BCUT2D eigenvalue weighted by Gasteiger charge is -2.18. The van der Waals surface area contributed by atoms with Crippen molar-refractivity contribution in [1.82, 2.24) is 10.2 Å². The second-order valence-corrected chi connectivity index (χ2v) is 4.66. The Hall–Kier alpha value is -2.54. The Morgan fingerprint density at radius 2 is 1.95 bits per heavy atom. The van der Waals surface area contributed by atoms with Gasteiger partial charge >= 0.3 is 0 Å². The molecule has 20 heavy (non-hydrogen) atoms. The number of nitrogens with one attached hydrogen (secondary N) is 1. The molecule has 7 heteroatoms. The number of hydrogen-bond acceptors (Lipinski definition) is 5. The largest absolute Gasteiger partial charge is 0.326 e. The lowest BCUT2D eigenvalue weighted by atomic mass is 10.0. The highest BCUT2D eigenvalue weighted by Gasteiger charge is 2.47. The zero-order chi connectivity index (χ0) is 14.4. The average Bonchev–Trinajstić information content (AvgIpc) is 2.88. The van der Waals surface area contributed by atoms with Gasteiger partial charge in [0.1, 0.15) is 6.04 Å². The molecule has 2 aliphatic heterocycles. The van der Waals surface area contributed by atoms with Gasteiger partial charge in [-0.1, -0.05) is 12.1 Å². The first-order valence-corrected chi connectivity index (χ1v) is 6.08. The summed E-state index contributed by atoms with van der Waals surface area (Å²) in [6, 6.07) is 3.74. The first-order valence-electron chi connectivity index (χ1n) is 6.08. The summed E-state index contributed by atoms with van der Waals surface area (Å²) in [7, 11) is 0. The SMILES string of the molecule is NCc1cccc2c1C(=O)N(C1CC(=O)NC1=O)C2=O. The maximum absolute atomic E-state index is 12.4. The number of carbonyl (C=O) groups is 4. The van der Waals surface area contributed by atoms with Crippen molar-refractivity contribution >= 4 is 23.6 Å². The molecule has 1 saturated heterocycles. The molecule has 0 bridgehead atoms. The average molecular weight is 273 g/mol. The Kier molecular flexibility index (Phi) is 2.65. The first kappa shape index (κ1) is 12.5. The number of hydrogen-bond donors (Lipinski definition) is 2. The molecule has 7 nitrogen and oxygen atoms in total. The number of carbonyl (C=O) groups excluding carboxylic acids is 4. The van der Waals surface area contributed by atoms with Crippen LogP contribution in [0.25, 0.3) is 0 Å². The Bertz CT molecular complexity index is 668. The standard InChI is InChI=1S/C13H11N3O4/c14-5-6-2-1-3-7-10(6)13(20)16(12(7)19)8-4-9(17)15-11(8)18/h1-3,8H,4-5,14H2,(H,15,17,18).